The minimum atomic E-state index is -5.71. The Hall–Kier alpha value is -0.730. The maximum absolute atomic E-state index is 12.5. The number of rotatable bonds is 12. The minimum absolute atomic E-state index is 0.00589. The first-order valence-corrected chi connectivity index (χ1v) is 17.9. The lowest BCUT2D eigenvalue weighted by Crippen LogP contribution is -2.33. The van der Waals surface area contributed by atoms with E-state index in [-0.39, 0.29) is 22.7 Å². The van der Waals surface area contributed by atoms with Gasteiger partial charge >= 0.3 is 29.2 Å². The monoisotopic (exact) mass is 654 g/mol. The molecule has 5 N–H and O–H groups in total. The van der Waals surface area contributed by atoms with Crippen LogP contribution < -0.4 is 11.2 Å². The molecule has 0 radical (unpaired) electrons. The van der Waals surface area contributed by atoms with Crippen molar-refractivity contribution in [1.29, 1.82) is 0 Å². The molecule has 222 valence electrons. The van der Waals surface area contributed by atoms with Gasteiger partial charge in [0.15, 0.2) is 0 Å². The van der Waals surface area contributed by atoms with Gasteiger partial charge < -0.3 is 29.0 Å². The first-order chi connectivity index (χ1) is 17.8. The van der Waals surface area contributed by atoms with Crippen LogP contribution in [0, 0.1) is 11.8 Å². The van der Waals surface area contributed by atoms with Gasteiger partial charge in [0.25, 0.3) is 5.56 Å². The van der Waals surface area contributed by atoms with Crippen LogP contribution in [0.4, 0.5) is 0 Å². The van der Waals surface area contributed by atoms with Gasteiger partial charge in [0, 0.05) is 23.8 Å². The van der Waals surface area contributed by atoms with E-state index < -0.39 is 59.8 Å². The molecule has 0 bridgehead atoms. The fourth-order valence-electron chi connectivity index (χ4n) is 2.96. The van der Waals surface area contributed by atoms with Crippen molar-refractivity contribution in [2.75, 3.05) is 12.5 Å². The van der Waals surface area contributed by atoms with Crippen LogP contribution in [-0.2, 0) is 36.3 Å². The zero-order valence-electron chi connectivity index (χ0n) is 21.1. The van der Waals surface area contributed by atoms with Crippen LogP contribution in [0.15, 0.2) is 15.8 Å². The second-order valence-electron chi connectivity index (χ2n) is 8.75. The molecule has 39 heavy (non-hydrogen) atoms. The highest BCUT2D eigenvalue weighted by Gasteiger charge is 2.43. The second-order valence-corrected chi connectivity index (χ2v) is 16.2. The number of phosphoric ester groups is 1. The predicted molar refractivity (Wildman–Crippen MR) is 142 cm³/mol. The molecule has 1 aliphatic heterocycles. The van der Waals surface area contributed by atoms with Gasteiger partial charge in [0.2, 0.25) is 0 Å². The molecule has 2 heterocycles. The Morgan fingerprint density at radius 3 is 2.41 bits per heavy atom. The summed E-state index contributed by atoms with van der Waals surface area (Å²) in [6.07, 6.45) is -1.31. The third kappa shape index (κ3) is 12.4. The lowest BCUT2D eigenvalue weighted by molar-refractivity contribution is -0.0543. The van der Waals surface area contributed by atoms with Crippen molar-refractivity contribution >= 4 is 45.1 Å². The van der Waals surface area contributed by atoms with Crippen LogP contribution in [0.3, 0.4) is 0 Å². The Bertz CT molecular complexity index is 1330. The third-order valence-electron chi connectivity index (χ3n) is 4.32. The standard InChI is InChI=1S/C18H29N2O14P3S2/c1-5-6-7-12-9-20(17(22)19-16(12)21)15-8-13(30-11-38-39-18(2,3)4)14(32-15)10-31-36(26,27)34-37(28,29)33-35(23,24)25/h9,13-15H,5,8,10-11H2,1-4H3,(H,26,27)(H,28,29)(H,19,21,22)(H2,23,24,25)/t13?,14-,15-/m1/s1. The van der Waals surface area contributed by atoms with E-state index in [0.717, 1.165) is 4.57 Å². The summed E-state index contributed by atoms with van der Waals surface area (Å²) in [7, 11) is -13.8. The van der Waals surface area contributed by atoms with E-state index in [1.54, 1.807) is 6.92 Å². The lowest BCUT2D eigenvalue weighted by Gasteiger charge is -2.22. The van der Waals surface area contributed by atoms with E-state index in [1.165, 1.54) is 27.8 Å². The summed E-state index contributed by atoms with van der Waals surface area (Å²) >= 11 is 0. The van der Waals surface area contributed by atoms with Crippen molar-refractivity contribution < 1.29 is 55.9 Å². The fourth-order valence-corrected chi connectivity index (χ4v) is 7.99. The molecule has 0 spiro atoms. The number of phosphoric acid groups is 3. The number of aromatic nitrogens is 2. The number of hydrogen-bond donors (Lipinski definition) is 5. The van der Waals surface area contributed by atoms with Crippen molar-refractivity contribution in [3.05, 3.63) is 32.6 Å². The summed E-state index contributed by atoms with van der Waals surface area (Å²) in [4.78, 5) is 63.1. The SMILES string of the molecule is CCC#Cc1cn([C@H]2CC(OCSSC(C)(C)C)[C@@H](COP(=O)(O)OP(=O)(O)OP(=O)(O)O)O2)c(=O)[nH]c1=O. The molecule has 21 heteroatoms. The molecule has 1 fully saturated rings. The molecule has 1 aromatic rings. The van der Waals surface area contributed by atoms with Crippen LogP contribution in [0.25, 0.3) is 0 Å². The zero-order chi connectivity index (χ0) is 29.6. The molecule has 1 saturated heterocycles. The predicted octanol–water partition coefficient (Wildman–Crippen LogP) is 2.45. The fraction of sp³-hybridized carbons (Fsp3) is 0.667. The molecular weight excluding hydrogens is 625 g/mol. The van der Waals surface area contributed by atoms with Crippen molar-refractivity contribution in [1.82, 2.24) is 9.55 Å². The number of hydrogen-bond acceptors (Lipinski definition) is 12. The van der Waals surface area contributed by atoms with E-state index in [0.29, 0.717) is 6.42 Å². The molecule has 3 unspecified atom stereocenters. The molecule has 0 aliphatic carbocycles. The average molecular weight is 654 g/mol. The smallest absolute Gasteiger partial charge is 0.364 e. The number of H-pyrrole nitrogens is 1. The number of nitrogens with one attached hydrogen (secondary N) is 1. The van der Waals surface area contributed by atoms with E-state index in [1.807, 2.05) is 20.8 Å². The van der Waals surface area contributed by atoms with Gasteiger partial charge in [-0.15, -0.1) is 0 Å². The summed E-state index contributed by atoms with van der Waals surface area (Å²) in [6.45, 7) is 6.98. The third-order valence-corrected chi connectivity index (χ3v) is 11.1. The molecular formula is C18H29N2O14P3S2. The van der Waals surface area contributed by atoms with Gasteiger partial charge in [-0.1, -0.05) is 61.1 Å². The van der Waals surface area contributed by atoms with Crippen molar-refractivity contribution in [3.8, 4) is 11.8 Å². The van der Waals surface area contributed by atoms with Crippen molar-refractivity contribution in [2.24, 2.45) is 0 Å². The molecule has 0 saturated carbocycles. The zero-order valence-corrected chi connectivity index (χ0v) is 25.4. The van der Waals surface area contributed by atoms with Crippen LogP contribution in [-0.4, -0.2) is 58.6 Å². The molecule has 0 amide bonds. The summed E-state index contributed by atoms with van der Waals surface area (Å²) in [5, 5.41) is 0. The minimum Gasteiger partial charge on any atom is -0.364 e. The Morgan fingerprint density at radius 1 is 1.15 bits per heavy atom. The highest BCUT2D eigenvalue weighted by atomic mass is 33.1. The van der Waals surface area contributed by atoms with Crippen molar-refractivity contribution in [2.45, 2.75) is 63.7 Å². The second kappa shape index (κ2) is 14.0. The molecule has 5 atom stereocenters. The maximum Gasteiger partial charge on any atom is 0.490 e. The van der Waals surface area contributed by atoms with Gasteiger partial charge in [-0.25, -0.2) is 18.5 Å². The first-order valence-electron chi connectivity index (χ1n) is 11.0. The number of ether oxygens (including phenoxy) is 2. The number of aromatic amines is 1. The largest absolute Gasteiger partial charge is 0.490 e. The highest BCUT2D eigenvalue weighted by molar-refractivity contribution is 8.77. The van der Waals surface area contributed by atoms with Crippen LogP contribution in [0.5, 0.6) is 0 Å². The van der Waals surface area contributed by atoms with Gasteiger partial charge in [-0.3, -0.25) is 18.9 Å². The van der Waals surface area contributed by atoms with E-state index in [9.17, 15) is 33.1 Å². The molecule has 16 nitrogen and oxygen atoms in total. The summed E-state index contributed by atoms with van der Waals surface area (Å²) in [5.41, 5.74) is -1.49. The van der Waals surface area contributed by atoms with E-state index in [2.05, 4.69) is 25.4 Å². The summed E-state index contributed by atoms with van der Waals surface area (Å²) < 4.78 is 59.3. The molecule has 2 rings (SSSR count). The molecule has 1 aromatic heterocycles. The average Bonchev–Trinajstić information content (AvgIpc) is 3.14. The molecule has 0 aromatic carbocycles. The van der Waals surface area contributed by atoms with E-state index in [4.69, 9.17) is 23.8 Å². The Balaban J connectivity index is 2.22. The van der Waals surface area contributed by atoms with Gasteiger partial charge in [-0.2, -0.15) is 8.62 Å². The van der Waals surface area contributed by atoms with Crippen LogP contribution in [0.1, 0.15) is 52.3 Å². The lowest BCUT2D eigenvalue weighted by atomic mass is 10.2. The first kappa shape index (κ1) is 34.5. The van der Waals surface area contributed by atoms with E-state index >= 15 is 0 Å². The van der Waals surface area contributed by atoms with Crippen molar-refractivity contribution in [3.63, 3.8) is 0 Å². The van der Waals surface area contributed by atoms with Gasteiger partial charge in [0.1, 0.15) is 23.8 Å². The van der Waals surface area contributed by atoms with Gasteiger partial charge in [0.05, 0.1) is 12.7 Å². The maximum atomic E-state index is 12.5. The Morgan fingerprint density at radius 2 is 1.82 bits per heavy atom. The Labute approximate surface area is 231 Å². The topological polar surface area (TPSA) is 233 Å². The normalized spacial score (nSPS) is 23.0. The molecule has 1 aliphatic rings. The Kier molecular flexibility index (Phi) is 12.3. The van der Waals surface area contributed by atoms with Crippen LogP contribution >= 0.6 is 45.1 Å². The highest BCUT2D eigenvalue weighted by Crippen LogP contribution is 2.66. The van der Waals surface area contributed by atoms with Crippen LogP contribution in [0.2, 0.25) is 0 Å². The summed E-state index contributed by atoms with van der Waals surface area (Å²) in [6, 6.07) is 0. The number of nitrogens with zero attached hydrogens (tertiary/aromatic N) is 1. The quantitative estimate of drug-likeness (QED) is 0.0716. The van der Waals surface area contributed by atoms with Gasteiger partial charge in [-0.05, 0) is 0 Å². The summed E-state index contributed by atoms with van der Waals surface area (Å²) in [5.74, 6) is 5.51.